The van der Waals surface area contributed by atoms with E-state index in [9.17, 15) is 9.18 Å². The van der Waals surface area contributed by atoms with Gasteiger partial charge in [-0.2, -0.15) is 5.26 Å². The lowest BCUT2D eigenvalue weighted by molar-refractivity contribution is 0.232. The zero-order chi connectivity index (χ0) is 14.4. The first-order valence-electron chi connectivity index (χ1n) is 6.92. The van der Waals surface area contributed by atoms with E-state index >= 15 is 0 Å². The number of rotatable bonds is 3. The standard InChI is InChI=1S/C15H18FN3O/c16-14-8-11(9-17)6-7-12(14)10-18-15(20)19-13-4-2-1-3-5-13/h6-8,13H,1-5,10H2,(H2,18,19,20). The lowest BCUT2D eigenvalue weighted by Crippen LogP contribution is -2.42. The van der Waals surface area contributed by atoms with Gasteiger partial charge >= 0.3 is 6.03 Å². The van der Waals surface area contributed by atoms with Crippen LogP contribution in [0.15, 0.2) is 18.2 Å². The third kappa shape index (κ3) is 3.95. The molecule has 0 unspecified atom stereocenters. The van der Waals surface area contributed by atoms with E-state index in [2.05, 4.69) is 10.6 Å². The van der Waals surface area contributed by atoms with E-state index in [-0.39, 0.29) is 24.2 Å². The zero-order valence-electron chi connectivity index (χ0n) is 11.3. The number of hydrogen-bond donors (Lipinski definition) is 2. The van der Waals surface area contributed by atoms with E-state index in [0.717, 1.165) is 25.7 Å². The predicted molar refractivity (Wildman–Crippen MR) is 73.4 cm³/mol. The van der Waals surface area contributed by atoms with Gasteiger partial charge < -0.3 is 10.6 Å². The molecule has 2 amide bonds. The van der Waals surface area contributed by atoms with E-state index in [1.807, 2.05) is 6.07 Å². The van der Waals surface area contributed by atoms with Crippen LogP contribution in [0.4, 0.5) is 9.18 Å². The van der Waals surface area contributed by atoms with E-state index in [4.69, 9.17) is 5.26 Å². The molecule has 106 valence electrons. The molecule has 1 aromatic carbocycles. The Balaban J connectivity index is 1.82. The number of nitrogens with zero attached hydrogens (tertiary/aromatic N) is 1. The molecule has 5 heteroatoms. The lowest BCUT2D eigenvalue weighted by atomic mass is 9.96. The fourth-order valence-electron chi connectivity index (χ4n) is 2.42. The van der Waals surface area contributed by atoms with E-state index in [0.29, 0.717) is 5.56 Å². The molecule has 0 aromatic heterocycles. The van der Waals surface area contributed by atoms with Crippen LogP contribution in [0.2, 0.25) is 0 Å². The number of urea groups is 1. The minimum atomic E-state index is -0.470. The molecule has 0 aliphatic heterocycles. The van der Waals surface area contributed by atoms with E-state index in [1.54, 1.807) is 6.07 Å². The van der Waals surface area contributed by atoms with Crippen molar-refractivity contribution < 1.29 is 9.18 Å². The minimum Gasteiger partial charge on any atom is -0.335 e. The summed E-state index contributed by atoms with van der Waals surface area (Å²) in [6.07, 6.45) is 5.55. The highest BCUT2D eigenvalue weighted by Gasteiger charge is 2.15. The summed E-state index contributed by atoms with van der Waals surface area (Å²) in [6, 6.07) is 6.08. The number of benzene rings is 1. The number of nitriles is 1. The smallest absolute Gasteiger partial charge is 0.315 e. The first-order valence-corrected chi connectivity index (χ1v) is 6.92. The van der Waals surface area contributed by atoms with Crippen molar-refractivity contribution in [2.24, 2.45) is 0 Å². The van der Waals surface area contributed by atoms with Crippen LogP contribution >= 0.6 is 0 Å². The van der Waals surface area contributed by atoms with Gasteiger partial charge in [-0.3, -0.25) is 0 Å². The van der Waals surface area contributed by atoms with Crippen molar-refractivity contribution in [3.8, 4) is 6.07 Å². The Hall–Kier alpha value is -2.09. The molecule has 0 spiro atoms. The van der Waals surface area contributed by atoms with Gasteiger partial charge in [0.15, 0.2) is 0 Å². The molecule has 0 radical (unpaired) electrons. The Morgan fingerprint density at radius 2 is 2.10 bits per heavy atom. The van der Waals surface area contributed by atoms with Crippen molar-refractivity contribution in [2.75, 3.05) is 0 Å². The number of carbonyl (C=O) groups is 1. The van der Waals surface area contributed by atoms with Crippen LogP contribution in [-0.2, 0) is 6.54 Å². The van der Waals surface area contributed by atoms with Crippen molar-refractivity contribution in [1.29, 1.82) is 5.26 Å². The maximum absolute atomic E-state index is 13.6. The molecule has 0 heterocycles. The number of amides is 2. The molecule has 0 saturated heterocycles. The summed E-state index contributed by atoms with van der Waals surface area (Å²) >= 11 is 0. The number of halogens is 1. The van der Waals surface area contributed by atoms with Crippen LogP contribution in [-0.4, -0.2) is 12.1 Å². The van der Waals surface area contributed by atoms with Gasteiger partial charge in [0, 0.05) is 18.2 Å². The summed E-state index contributed by atoms with van der Waals surface area (Å²) in [5, 5.41) is 14.2. The summed E-state index contributed by atoms with van der Waals surface area (Å²) in [5.74, 6) is -0.470. The molecule has 1 aliphatic carbocycles. The highest BCUT2D eigenvalue weighted by atomic mass is 19.1. The van der Waals surface area contributed by atoms with Crippen LogP contribution in [0, 0.1) is 17.1 Å². The molecule has 1 fully saturated rings. The van der Waals surface area contributed by atoms with Gasteiger partial charge in [-0.1, -0.05) is 25.3 Å². The average Bonchev–Trinajstić information content (AvgIpc) is 2.47. The number of nitrogens with one attached hydrogen (secondary N) is 2. The second-order valence-corrected chi connectivity index (χ2v) is 5.08. The Bertz CT molecular complexity index is 518. The topological polar surface area (TPSA) is 64.9 Å². The summed E-state index contributed by atoms with van der Waals surface area (Å²) in [6.45, 7) is 0.121. The maximum atomic E-state index is 13.6. The largest absolute Gasteiger partial charge is 0.335 e. The molecule has 2 N–H and O–H groups in total. The molecule has 1 aromatic rings. The Morgan fingerprint density at radius 3 is 2.75 bits per heavy atom. The van der Waals surface area contributed by atoms with Gasteiger partial charge in [0.2, 0.25) is 0 Å². The summed E-state index contributed by atoms with van der Waals surface area (Å²) in [4.78, 5) is 11.7. The van der Waals surface area contributed by atoms with E-state index in [1.165, 1.54) is 18.6 Å². The second kappa shape index (κ2) is 6.90. The number of hydrogen-bond acceptors (Lipinski definition) is 2. The van der Waals surface area contributed by atoms with Crippen molar-refractivity contribution in [1.82, 2.24) is 10.6 Å². The first-order chi connectivity index (χ1) is 9.69. The molecule has 0 bridgehead atoms. The SMILES string of the molecule is N#Cc1ccc(CNC(=O)NC2CCCCC2)c(F)c1. The third-order valence-electron chi connectivity index (χ3n) is 3.56. The van der Waals surface area contributed by atoms with Crippen LogP contribution < -0.4 is 10.6 Å². The van der Waals surface area contributed by atoms with Gasteiger partial charge in [-0.15, -0.1) is 0 Å². The predicted octanol–water partition coefficient (Wildman–Crippen LogP) is 2.83. The molecular formula is C15H18FN3O. The van der Waals surface area contributed by atoms with Gasteiger partial charge in [0.05, 0.1) is 11.6 Å². The van der Waals surface area contributed by atoms with Crippen molar-refractivity contribution in [3.05, 3.63) is 35.1 Å². The van der Waals surface area contributed by atoms with Crippen molar-refractivity contribution >= 4 is 6.03 Å². The highest BCUT2D eigenvalue weighted by Crippen LogP contribution is 2.17. The zero-order valence-corrected chi connectivity index (χ0v) is 11.3. The van der Waals surface area contributed by atoms with Gasteiger partial charge in [-0.05, 0) is 25.0 Å². The molecule has 1 saturated carbocycles. The van der Waals surface area contributed by atoms with Crippen molar-refractivity contribution in [2.45, 2.75) is 44.7 Å². The van der Waals surface area contributed by atoms with Crippen LogP contribution in [0.25, 0.3) is 0 Å². The second-order valence-electron chi connectivity index (χ2n) is 5.08. The van der Waals surface area contributed by atoms with Crippen LogP contribution in [0.3, 0.4) is 0 Å². The summed E-state index contributed by atoms with van der Waals surface area (Å²) in [7, 11) is 0. The van der Waals surface area contributed by atoms with Gasteiger partial charge in [0.1, 0.15) is 5.82 Å². The molecular weight excluding hydrogens is 257 g/mol. The fraction of sp³-hybridized carbons (Fsp3) is 0.467. The summed E-state index contributed by atoms with van der Waals surface area (Å²) < 4.78 is 13.6. The van der Waals surface area contributed by atoms with Gasteiger partial charge in [0.25, 0.3) is 0 Å². The Morgan fingerprint density at radius 1 is 1.35 bits per heavy atom. The summed E-state index contributed by atoms with van der Waals surface area (Å²) in [5.41, 5.74) is 0.653. The molecule has 2 rings (SSSR count). The Labute approximate surface area is 118 Å². The fourth-order valence-corrected chi connectivity index (χ4v) is 2.42. The van der Waals surface area contributed by atoms with Crippen LogP contribution in [0.5, 0.6) is 0 Å². The van der Waals surface area contributed by atoms with Crippen LogP contribution in [0.1, 0.15) is 43.2 Å². The normalized spacial score (nSPS) is 15.4. The van der Waals surface area contributed by atoms with Crippen molar-refractivity contribution in [3.63, 3.8) is 0 Å². The lowest BCUT2D eigenvalue weighted by Gasteiger charge is -2.22. The van der Waals surface area contributed by atoms with Gasteiger partial charge in [-0.25, -0.2) is 9.18 Å². The highest BCUT2D eigenvalue weighted by molar-refractivity contribution is 5.74. The Kier molecular flexibility index (Phi) is 4.94. The quantitative estimate of drug-likeness (QED) is 0.890. The molecule has 4 nitrogen and oxygen atoms in total. The first kappa shape index (κ1) is 14.3. The average molecular weight is 275 g/mol. The maximum Gasteiger partial charge on any atom is 0.315 e. The molecule has 0 atom stereocenters. The van der Waals surface area contributed by atoms with E-state index < -0.39 is 5.82 Å². The molecule has 20 heavy (non-hydrogen) atoms. The number of carbonyl (C=O) groups excluding carboxylic acids is 1. The minimum absolute atomic E-state index is 0.121. The third-order valence-corrected chi connectivity index (χ3v) is 3.56. The molecule has 1 aliphatic rings. The monoisotopic (exact) mass is 275 g/mol.